The van der Waals surface area contributed by atoms with E-state index in [9.17, 15) is 9.59 Å². The van der Waals surface area contributed by atoms with Gasteiger partial charge in [0.25, 0.3) is 5.91 Å². The Labute approximate surface area is 141 Å². The Kier molecular flexibility index (Phi) is 6.05. The average molecular weight is 369 g/mol. The first-order valence-corrected chi connectivity index (χ1v) is 8.40. The van der Waals surface area contributed by atoms with Gasteiger partial charge < -0.3 is 9.64 Å². The summed E-state index contributed by atoms with van der Waals surface area (Å²) in [5.41, 5.74) is 0.821. The summed E-state index contributed by atoms with van der Waals surface area (Å²) in [6.45, 7) is 0.556. The van der Waals surface area contributed by atoms with Crippen molar-refractivity contribution in [1.82, 2.24) is 4.90 Å². The summed E-state index contributed by atoms with van der Waals surface area (Å²) in [5.74, 6) is -0.306. The van der Waals surface area contributed by atoms with Crippen LogP contribution in [0.4, 0.5) is 0 Å². The van der Waals surface area contributed by atoms with Crippen molar-refractivity contribution in [2.75, 3.05) is 12.3 Å². The van der Waals surface area contributed by atoms with Gasteiger partial charge in [0, 0.05) is 17.3 Å². The molecule has 0 spiro atoms. The molecule has 1 saturated heterocycles. The standard InChI is InChI=1S/C13H12Cl3NO3S/c14-9-3-1-8(2-4-9)7-20-13(19)12-17(5-6-21-12)11(18)10(15)16/h1-4,10,12H,5-7H2. The number of halogens is 3. The summed E-state index contributed by atoms with van der Waals surface area (Å²) in [5, 5.41) is -0.0757. The maximum Gasteiger partial charge on any atom is 0.339 e. The van der Waals surface area contributed by atoms with E-state index in [1.807, 2.05) is 0 Å². The third kappa shape index (κ3) is 4.42. The van der Waals surface area contributed by atoms with E-state index >= 15 is 0 Å². The van der Waals surface area contributed by atoms with Gasteiger partial charge in [-0.3, -0.25) is 4.79 Å². The zero-order valence-electron chi connectivity index (χ0n) is 10.8. The lowest BCUT2D eigenvalue weighted by Crippen LogP contribution is -2.42. The SMILES string of the molecule is O=C(OCc1ccc(Cl)cc1)C1SCCN1C(=O)C(Cl)Cl. The van der Waals surface area contributed by atoms with Gasteiger partial charge >= 0.3 is 5.97 Å². The van der Waals surface area contributed by atoms with Crippen LogP contribution in [0.25, 0.3) is 0 Å². The van der Waals surface area contributed by atoms with E-state index in [-0.39, 0.29) is 6.61 Å². The van der Waals surface area contributed by atoms with Gasteiger partial charge in [-0.05, 0) is 17.7 Å². The summed E-state index contributed by atoms with van der Waals surface area (Å²) in [7, 11) is 0. The molecule has 1 aliphatic rings. The molecule has 0 aromatic heterocycles. The summed E-state index contributed by atoms with van der Waals surface area (Å²) >= 11 is 18.2. The molecule has 1 heterocycles. The Hall–Kier alpha value is -0.620. The number of nitrogens with zero attached hydrogens (tertiary/aromatic N) is 1. The maximum absolute atomic E-state index is 12.1. The number of carbonyl (C=O) groups is 2. The number of alkyl halides is 2. The summed E-state index contributed by atoms with van der Waals surface area (Å²) < 4.78 is 5.23. The van der Waals surface area contributed by atoms with Gasteiger partial charge in [0.2, 0.25) is 0 Å². The Balaban J connectivity index is 1.93. The number of hydrogen-bond donors (Lipinski definition) is 0. The van der Waals surface area contributed by atoms with Gasteiger partial charge in [0.1, 0.15) is 6.61 Å². The fourth-order valence-corrected chi connectivity index (χ4v) is 3.32. The number of thioether (sulfide) groups is 1. The van der Waals surface area contributed by atoms with Crippen LogP contribution in [0.3, 0.4) is 0 Å². The first kappa shape index (κ1) is 16.7. The molecule has 0 saturated carbocycles. The molecule has 114 valence electrons. The lowest BCUT2D eigenvalue weighted by Gasteiger charge is -2.22. The Morgan fingerprint density at radius 2 is 2.00 bits per heavy atom. The first-order chi connectivity index (χ1) is 9.99. The fraction of sp³-hybridized carbons (Fsp3) is 0.385. The van der Waals surface area contributed by atoms with Gasteiger partial charge in [-0.25, -0.2) is 4.79 Å². The Morgan fingerprint density at radius 1 is 1.33 bits per heavy atom. The van der Waals surface area contributed by atoms with E-state index < -0.39 is 22.1 Å². The van der Waals surface area contributed by atoms with Crippen molar-refractivity contribution in [1.29, 1.82) is 0 Å². The topological polar surface area (TPSA) is 46.6 Å². The normalized spacial score (nSPS) is 18.1. The zero-order chi connectivity index (χ0) is 15.4. The minimum absolute atomic E-state index is 0.125. The molecule has 4 nitrogen and oxygen atoms in total. The number of carbonyl (C=O) groups excluding carboxylic acids is 2. The molecule has 21 heavy (non-hydrogen) atoms. The molecule has 1 aliphatic heterocycles. The molecule has 1 aromatic rings. The van der Waals surface area contributed by atoms with Crippen LogP contribution < -0.4 is 0 Å². The smallest absolute Gasteiger partial charge is 0.339 e. The molecule has 1 atom stereocenters. The lowest BCUT2D eigenvalue weighted by atomic mass is 10.2. The molecule has 1 amide bonds. The van der Waals surface area contributed by atoms with Crippen molar-refractivity contribution in [3.05, 3.63) is 34.9 Å². The second-order valence-corrected chi connectivity index (χ2v) is 7.01. The number of hydrogen-bond acceptors (Lipinski definition) is 4. The largest absolute Gasteiger partial charge is 0.459 e. The Morgan fingerprint density at radius 3 is 2.62 bits per heavy atom. The van der Waals surface area contributed by atoms with Gasteiger partial charge in [-0.2, -0.15) is 0 Å². The number of amides is 1. The highest BCUT2D eigenvalue weighted by atomic mass is 35.5. The molecule has 8 heteroatoms. The zero-order valence-corrected chi connectivity index (χ0v) is 13.9. The first-order valence-electron chi connectivity index (χ1n) is 6.10. The lowest BCUT2D eigenvalue weighted by molar-refractivity contribution is -0.151. The average Bonchev–Trinajstić information content (AvgIpc) is 2.94. The van der Waals surface area contributed by atoms with Crippen molar-refractivity contribution in [3.63, 3.8) is 0 Å². The molecule has 0 N–H and O–H groups in total. The number of benzene rings is 1. The highest BCUT2D eigenvalue weighted by molar-refractivity contribution is 8.00. The van der Waals surface area contributed by atoms with Crippen molar-refractivity contribution in [2.45, 2.75) is 16.8 Å². The fourth-order valence-electron chi connectivity index (χ4n) is 1.82. The van der Waals surface area contributed by atoms with Gasteiger partial charge in [-0.15, -0.1) is 11.8 Å². The van der Waals surface area contributed by atoms with Crippen molar-refractivity contribution in [2.24, 2.45) is 0 Å². The predicted molar refractivity (Wildman–Crippen MR) is 84.7 cm³/mol. The van der Waals surface area contributed by atoms with Crippen LogP contribution in [0.15, 0.2) is 24.3 Å². The third-order valence-corrected chi connectivity index (χ3v) is 4.66. The molecule has 1 unspecified atom stereocenters. The second kappa shape index (κ2) is 7.58. The summed E-state index contributed by atoms with van der Waals surface area (Å²) in [6.07, 6.45) is 0. The van der Waals surface area contributed by atoms with E-state index in [0.29, 0.717) is 17.3 Å². The minimum Gasteiger partial charge on any atom is -0.459 e. The number of ether oxygens (including phenoxy) is 1. The number of rotatable bonds is 4. The van der Waals surface area contributed by atoms with E-state index in [1.165, 1.54) is 16.7 Å². The van der Waals surface area contributed by atoms with Gasteiger partial charge in [-0.1, -0.05) is 46.9 Å². The molecular formula is C13H12Cl3NO3S. The van der Waals surface area contributed by atoms with Crippen molar-refractivity contribution in [3.8, 4) is 0 Å². The van der Waals surface area contributed by atoms with Crippen molar-refractivity contribution >= 4 is 58.4 Å². The van der Waals surface area contributed by atoms with E-state index in [1.54, 1.807) is 24.3 Å². The monoisotopic (exact) mass is 367 g/mol. The summed E-state index contributed by atoms with van der Waals surface area (Å²) in [6, 6.07) is 6.98. The van der Waals surface area contributed by atoms with E-state index in [2.05, 4.69) is 0 Å². The van der Waals surface area contributed by atoms with Crippen LogP contribution in [-0.4, -0.2) is 39.3 Å². The minimum atomic E-state index is -1.17. The molecule has 0 radical (unpaired) electrons. The van der Waals surface area contributed by atoms with Gasteiger partial charge in [0.05, 0.1) is 0 Å². The van der Waals surface area contributed by atoms with Crippen LogP contribution in [0, 0.1) is 0 Å². The highest BCUT2D eigenvalue weighted by Crippen LogP contribution is 2.27. The molecule has 1 aromatic carbocycles. The molecule has 0 bridgehead atoms. The third-order valence-electron chi connectivity index (χ3n) is 2.86. The van der Waals surface area contributed by atoms with Crippen LogP contribution in [0.2, 0.25) is 5.02 Å². The van der Waals surface area contributed by atoms with E-state index in [0.717, 1.165) is 5.56 Å². The van der Waals surface area contributed by atoms with Crippen molar-refractivity contribution < 1.29 is 14.3 Å². The molecular weight excluding hydrogens is 357 g/mol. The quantitative estimate of drug-likeness (QED) is 0.605. The summed E-state index contributed by atoms with van der Waals surface area (Å²) in [4.78, 5) is 24.0. The molecule has 1 fully saturated rings. The van der Waals surface area contributed by atoms with Crippen LogP contribution in [0.1, 0.15) is 5.56 Å². The van der Waals surface area contributed by atoms with Crippen LogP contribution in [0.5, 0.6) is 0 Å². The van der Waals surface area contributed by atoms with Crippen LogP contribution >= 0.6 is 46.6 Å². The van der Waals surface area contributed by atoms with Crippen LogP contribution in [-0.2, 0) is 20.9 Å². The molecule has 0 aliphatic carbocycles. The number of esters is 1. The predicted octanol–water partition coefficient (Wildman–Crippen LogP) is 3.09. The highest BCUT2D eigenvalue weighted by Gasteiger charge is 2.37. The molecule has 2 rings (SSSR count). The van der Waals surface area contributed by atoms with E-state index in [4.69, 9.17) is 39.5 Å². The maximum atomic E-state index is 12.1. The van der Waals surface area contributed by atoms with Gasteiger partial charge in [0.15, 0.2) is 10.2 Å². The second-order valence-electron chi connectivity index (χ2n) is 4.29. The Bertz CT molecular complexity index is 524.